The van der Waals surface area contributed by atoms with Crippen molar-refractivity contribution < 1.29 is 9.53 Å². The molecule has 1 aliphatic rings. The number of hydrogen-bond acceptors (Lipinski definition) is 3. The monoisotopic (exact) mass is 288 g/mol. The molecule has 0 saturated carbocycles. The summed E-state index contributed by atoms with van der Waals surface area (Å²) < 4.78 is 5.47. The van der Waals surface area contributed by atoms with E-state index in [0.29, 0.717) is 28.9 Å². The van der Waals surface area contributed by atoms with Crippen LogP contribution in [0.25, 0.3) is 0 Å². The highest BCUT2D eigenvalue weighted by Crippen LogP contribution is 2.42. The van der Waals surface area contributed by atoms with Crippen LogP contribution in [0.1, 0.15) is 18.5 Å². The van der Waals surface area contributed by atoms with E-state index >= 15 is 0 Å². The van der Waals surface area contributed by atoms with Crippen molar-refractivity contribution in [1.82, 2.24) is 5.32 Å². The predicted molar refractivity (Wildman–Crippen MR) is 71.1 cm³/mol. The lowest BCUT2D eigenvalue weighted by Crippen LogP contribution is -2.36. The summed E-state index contributed by atoms with van der Waals surface area (Å²) >= 11 is 11.9. The Morgan fingerprint density at radius 2 is 2.33 bits per heavy atom. The molecule has 6 heteroatoms. The van der Waals surface area contributed by atoms with Gasteiger partial charge in [-0.15, -0.1) is 0 Å². The van der Waals surface area contributed by atoms with Gasteiger partial charge in [-0.05, 0) is 6.07 Å². The van der Waals surface area contributed by atoms with Crippen LogP contribution in [0.5, 0.6) is 5.75 Å². The average Bonchev–Trinajstić information content (AvgIpc) is 2.76. The molecule has 1 aliphatic heterocycles. The zero-order valence-electron chi connectivity index (χ0n) is 9.87. The first-order valence-corrected chi connectivity index (χ1v) is 6.41. The Bertz CT molecular complexity index is 479. The van der Waals surface area contributed by atoms with Crippen LogP contribution in [0.15, 0.2) is 12.1 Å². The molecule has 2 unspecified atom stereocenters. The maximum absolute atomic E-state index is 11.8. The van der Waals surface area contributed by atoms with Gasteiger partial charge in [0, 0.05) is 18.0 Å². The maximum Gasteiger partial charge on any atom is 0.224 e. The Morgan fingerprint density at radius 3 is 3.00 bits per heavy atom. The summed E-state index contributed by atoms with van der Waals surface area (Å²) in [5.74, 6) is 0.233. The van der Waals surface area contributed by atoms with Crippen LogP contribution in [0.2, 0.25) is 10.0 Å². The van der Waals surface area contributed by atoms with Crippen molar-refractivity contribution in [3.8, 4) is 5.75 Å². The maximum atomic E-state index is 11.8. The van der Waals surface area contributed by atoms with Crippen LogP contribution in [-0.4, -0.2) is 19.1 Å². The van der Waals surface area contributed by atoms with Crippen LogP contribution >= 0.6 is 23.2 Å². The molecular formula is C12H14Cl2N2O2. The normalized spacial score (nSPS) is 19.0. The van der Waals surface area contributed by atoms with E-state index in [1.165, 1.54) is 0 Å². The summed E-state index contributed by atoms with van der Waals surface area (Å²) in [6.45, 7) is 2.45. The van der Waals surface area contributed by atoms with E-state index in [1.54, 1.807) is 13.0 Å². The number of carbonyl (C=O) groups is 1. The highest BCUT2D eigenvalue weighted by molar-refractivity contribution is 6.43. The number of amides is 1. The lowest BCUT2D eigenvalue weighted by molar-refractivity contribution is -0.125. The van der Waals surface area contributed by atoms with Gasteiger partial charge < -0.3 is 15.8 Å². The number of carbonyl (C=O) groups excluding carboxylic acids is 1. The Labute approximate surface area is 115 Å². The van der Waals surface area contributed by atoms with E-state index in [0.717, 1.165) is 5.56 Å². The molecule has 18 heavy (non-hydrogen) atoms. The van der Waals surface area contributed by atoms with Crippen molar-refractivity contribution >= 4 is 29.1 Å². The Balaban J connectivity index is 2.18. The molecule has 0 fully saturated rings. The topological polar surface area (TPSA) is 64.4 Å². The molecular weight excluding hydrogens is 275 g/mol. The van der Waals surface area contributed by atoms with Crippen molar-refractivity contribution in [2.24, 2.45) is 11.7 Å². The zero-order valence-corrected chi connectivity index (χ0v) is 11.4. The molecule has 0 radical (unpaired) electrons. The molecule has 0 spiro atoms. The summed E-state index contributed by atoms with van der Waals surface area (Å²) in [5.41, 5.74) is 6.30. The number of rotatable bonds is 3. The van der Waals surface area contributed by atoms with E-state index in [9.17, 15) is 4.79 Å². The SMILES string of the molecule is CC(CN)C(=O)NC1COc2c1ccc(Cl)c2Cl. The van der Waals surface area contributed by atoms with Crippen LogP contribution in [0, 0.1) is 5.92 Å². The van der Waals surface area contributed by atoms with Gasteiger partial charge in [0.1, 0.15) is 17.4 Å². The van der Waals surface area contributed by atoms with Gasteiger partial charge in [0.2, 0.25) is 5.91 Å². The minimum absolute atomic E-state index is 0.0926. The molecule has 3 N–H and O–H groups in total. The molecule has 98 valence electrons. The van der Waals surface area contributed by atoms with Gasteiger partial charge in [0.05, 0.1) is 11.1 Å². The second-order valence-electron chi connectivity index (χ2n) is 4.29. The minimum Gasteiger partial charge on any atom is -0.489 e. The fourth-order valence-electron chi connectivity index (χ4n) is 1.76. The fourth-order valence-corrected chi connectivity index (χ4v) is 2.14. The first-order valence-electron chi connectivity index (χ1n) is 5.65. The van der Waals surface area contributed by atoms with Crippen LogP contribution in [-0.2, 0) is 4.79 Å². The second-order valence-corrected chi connectivity index (χ2v) is 5.07. The Hall–Kier alpha value is -0.970. The van der Waals surface area contributed by atoms with Crippen molar-refractivity contribution in [3.05, 3.63) is 27.7 Å². The zero-order chi connectivity index (χ0) is 13.3. The van der Waals surface area contributed by atoms with Gasteiger partial charge >= 0.3 is 0 Å². The van der Waals surface area contributed by atoms with Gasteiger partial charge in [0.25, 0.3) is 0 Å². The molecule has 2 rings (SSSR count). The number of ether oxygens (including phenoxy) is 1. The summed E-state index contributed by atoms with van der Waals surface area (Å²) in [5, 5.41) is 3.72. The number of nitrogens with one attached hydrogen (secondary N) is 1. The molecule has 1 aromatic carbocycles. The van der Waals surface area contributed by atoms with Gasteiger partial charge in [-0.3, -0.25) is 4.79 Å². The third kappa shape index (κ3) is 2.41. The molecule has 4 nitrogen and oxygen atoms in total. The van der Waals surface area contributed by atoms with Crippen LogP contribution in [0.4, 0.5) is 0 Å². The largest absolute Gasteiger partial charge is 0.489 e. The highest BCUT2D eigenvalue weighted by Gasteiger charge is 2.29. The number of halogens is 2. The first-order chi connectivity index (χ1) is 8.54. The molecule has 1 heterocycles. The lowest BCUT2D eigenvalue weighted by atomic mass is 10.1. The first kappa shape index (κ1) is 13.5. The van der Waals surface area contributed by atoms with Gasteiger partial charge in [0.15, 0.2) is 0 Å². The molecule has 0 saturated heterocycles. The molecule has 0 aromatic heterocycles. The molecule has 2 atom stereocenters. The highest BCUT2D eigenvalue weighted by atomic mass is 35.5. The Kier molecular flexibility index (Phi) is 4.00. The van der Waals surface area contributed by atoms with E-state index in [2.05, 4.69) is 5.32 Å². The smallest absolute Gasteiger partial charge is 0.224 e. The van der Waals surface area contributed by atoms with Crippen LogP contribution < -0.4 is 15.8 Å². The minimum atomic E-state index is -0.225. The quantitative estimate of drug-likeness (QED) is 0.896. The fraction of sp³-hybridized carbons (Fsp3) is 0.417. The third-order valence-corrected chi connectivity index (χ3v) is 3.75. The van der Waals surface area contributed by atoms with E-state index < -0.39 is 0 Å². The van der Waals surface area contributed by atoms with Crippen molar-refractivity contribution in [2.45, 2.75) is 13.0 Å². The summed E-state index contributed by atoms with van der Waals surface area (Å²) in [4.78, 5) is 11.8. The summed E-state index contributed by atoms with van der Waals surface area (Å²) in [6, 6.07) is 3.31. The second kappa shape index (κ2) is 5.34. The number of nitrogens with two attached hydrogens (primary N) is 1. The van der Waals surface area contributed by atoms with Gasteiger partial charge in [-0.25, -0.2) is 0 Å². The summed E-state index contributed by atoms with van der Waals surface area (Å²) in [7, 11) is 0. The Morgan fingerprint density at radius 1 is 1.61 bits per heavy atom. The molecule has 0 bridgehead atoms. The van der Waals surface area contributed by atoms with E-state index in [4.69, 9.17) is 33.7 Å². The number of benzene rings is 1. The average molecular weight is 289 g/mol. The van der Waals surface area contributed by atoms with E-state index in [1.807, 2.05) is 6.07 Å². The predicted octanol–water partition coefficient (Wildman–Crippen LogP) is 2.14. The van der Waals surface area contributed by atoms with Crippen molar-refractivity contribution in [3.63, 3.8) is 0 Å². The van der Waals surface area contributed by atoms with E-state index in [-0.39, 0.29) is 17.9 Å². The van der Waals surface area contributed by atoms with Crippen LogP contribution in [0.3, 0.4) is 0 Å². The molecule has 1 amide bonds. The van der Waals surface area contributed by atoms with Gasteiger partial charge in [-0.1, -0.05) is 36.2 Å². The standard InChI is InChI=1S/C12H14Cl2N2O2/c1-6(4-15)12(17)16-9-5-18-11-7(9)2-3-8(13)10(11)14/h2-3,6,9H,4-5,15H2,1H3,(H,16,17). The summed E-state index contributed by atoms with van der Waals surface area (Å²) in [6.07, 6.45) is 0. The van der Waals surface area contributed by atoms with Crippen molar-refractivity contribution in [2.75, 3.05) is 13.2 Å². The molecule has 0 aliphatic carbocycles. The number of fused-ring (bicyclic) bond motifs is 1. The number of hydrogen-bond donors (Lipinski definition) is 2. The lowest BCUT2D eigenvalue weighted by Gasteiger charge is -2.15. The van der Waals surface area contributed by atoms with Crippen molar-refractivity contribution in [1.29, 1.82) is 0 Å². The van der Waals surface area contributed by atoms with Gasteiger partial charge in [-0.2, -0.15) is 0 Å². The molecule has 1 aromatic rings. The third-order valence-electron chi connectivity index (χ3n) is 2.97.